The Bertz CT molecular complexity index is 1020. The summed E-state index contributed by atoms with van der Waals surface area (Å²) in [5, 5.41) is 0.116. The summed E-state index contributed by atoms with van der Waals surface area (Å²) in [6, 6.07) is 0. The van der Waals surface area contributed by atoms with Crippen molar-refractivity contribution < 1.29 is 26.9 Å². The molecule has 11 heteroatoms. The summed E-state index contributed by atoms with van der Waals surface area (Å²) < 4.78 is 43.7. The van der Waals surface area contributed by atoms with Crippen LogP contribution in [-0.2, 0) is 26.9 Å². The Kier molecular flexibility index (Phi) is 14.0. The molecule has 1 fully saturated rings. The molecule has 282 valence electrons. The number of hydrogen-bond donors (Lipinski definition) is 0. The molecule has 0 spiro atoms. The summed E-state index contributed by atoms with van der Waals surface area (Å²) in [4.78, 5) is 0. The summed E-state index contributed by atoms with van der Waals surface area (Å²) >= 11 is 0. The van der Waals surface area contributed by atoms with Gasteiger partial charge in [0, 0.05) is 0 Å². The van der Waals surface area contributed by atoms with Gasteiger partial charge in [0.15, 0.2) is 47.9 Å². The minimum Gasteiger partial charge on any atom is -0.414 e. The van der Waals surface area contributed by atoms with Crippen LogP contribution in [0.5, 0.6) is 0 Å². The van der Waals surface area contributed by atoms with Gasteiger partial charge in [0.1, 0.15) is 18.3 Å². The molecule has 0 amide bonds. The second kappa shape index (κ2) is 14.3. The molecular weight excluding hydrogens is 669 g/mol. The van der Waals surface area contributed by atoms with Crippen LogP contribution >= 0.6 is 0 Å². The molecular formula is C36H82O6Si5. The molecule has 47 heavy (non-hydrogen) atoms. The third kappa shape index (κ3) is 11.2. The van der Waals surface area contributed by atoms with Crippen LogP contribution in [0.4, 0.5) is 0 Å². The summed E-state index contributed by atoms with van der Waals surface area (Å²) in [5.74, 6) is 0. The van der Waals surface area contributed by atoms with Gasteiger partial charge in [-0.2, -0.15) is 0 Å². The molecule has 0 aromatic rings. The SMILES string of the molecule is CC(C)(C)[Si](C)(C)OC[C@@H](O[Si](C)(C)C(C)(C)C)[C@@H]1O[C@H](O[Si](C)(C)C(C)(C)C)[C@H](O[Si](C)(C)C(C)(C)C)[C@H]1O[Si](C)(C)C(C)(C)C. The van der Waals surface area contributed by atoms with Crippen molar-refractivity contribution in [1.82, 2.24) is 0 Å². The maximum absolute atomic E-state index is 7.50. The van der Waals surface area contributed by atoms with E-state index in [4.69, 9.17) is 26.9 Å². The zero-order chi connectivity index (χ0) is 37.8. The lowest BCUT2D eigenvalue weighted by Gasteiger charge is -2.46. The minimum atomic E-state index is -2.30. The third-order valence-corrected chi connectivity index (χ3v) is 35.3. The van der Waals surface area contributed by atoms with E-state index in [0.717, 1.165) is 0 Å². The molecule has 0 N–H and O–H groups in total. The van der Waals surface area contributed by atoms with Crippen molar-refractivity contribution in [3.05, 3.63) is 0 Å². The lowest BCUT2D eigenvalue weighted by molar-refractivity contribution is -0.137. The quantitative estimate of drug-likeness (QED) is 0.185. The Morgan fingerprint density at radius 3 is 1.11 bits per heavy atom. The zero-order valence-electron chi connectivity index (χ0n) is 36.0. The smallest absolute Gasteiger partial charge is 0.195 e. The summed E-state index contributed by atoms with van der Waals surface area (Å²) in [6.07, 6.45) is -1.99. The molecule has 0 radical (unpaired) electrons. The van der Waals surface area contributed by atoms with Crippen LogP contribution in [0.2, 0.25) is 90.7 Å². The van der Waals surface area contributed by atoms with E-state index in [2.05, 4.69) is 169 Å². The van der Waals surface area contributed by atoms with E-state index in [1.54, 1.807) is 0 Å². The highest BCUT2D eigenvalue weighted by atomic mass is 28.4. The second-order valence-electron chi connectivity index (χ2n) is 22.0. The van der Waals surface area contributed by atoms with Gasteiger partial charge in [-0.25, -0.2) is 0 Å². The first kappa shape index (κ1) is 45.9. The zero-order valence-corrected chi connectivity index (χ0v) is 41.0. The monoisotopic (exact) mass is 750 g/mol. The average molecular weight is 751 g/mol. The summed E-state index contributed by atoms with van der Waals surface area (Å²) in [7, 11) is -11.2. The van der Waals surface area contributed by atoms with Gasteiger partial charge < -0.3 is 26.9 Å². The fourth-order valence-corrected chi connectivity index (χ4v) is 10.1. The molecule has 1 aliphatic rings. The van der Waals surface area contributed by atoms with Gasteiger partial charge in [0.2, 0.25) is 0 Å². The Morgan fingerprint density at radius 2 is 0.766 bits per heavy atom. The first-order valence-electron chi connectivity index (χ1n) is 18.2. The number of rotatable bonds is 12. The fraction of sp³-hybridized carbons (Fsp3) is 1.00. The van der Waals surface area contributed by atoms with E-state index in [9.17, 15) is 0 Å². The normalized spacial score (nSPS) is 24.2. The molecule has 0 saturated carbocycles. The number of hydrogen-bond acceptors (Lipinski definition) is 6. The number of ether oxygens (including phenoxy) is 1. The van der Waals surface area contributed by atoms with Crippen LogP contribution in [0.25, 0.3) is 0 Å². The first-order chi connectivity index (χ1) is 20.2. The Balaban J connectivity index is 4.04. The molecule has 0 unspecified atom stereocenters. The van der Waals surface area contributed by atoms with Gasteiger partial charge >= 0.3 is 0 Å². The molecule has 1 aliphatic heterocycles. The van der Waals surface area contributed by atoms with Gasteiger partial charge in [0.05, 0.1) is 12.7 Å². The van der Waals surface area contributed by atoms with E-state index in [-0.39, 0.29) is 43.5 Å². The van der Waals surface area contributed by atoms with Crippen LogP contribution in [0.15, 0.2) is 0 Å². The summed E-state index contributed by atoms with van der Waals surface area (Å²) in [5.41, 5.74) is 0. The maximum atomic E-state index is 7.50. The van der Waals surface area contributed by atoms with E-state index in [1.807, 2.05) is 0 Å². The Labute approximate surface area is 299 Å². The third-order valence-electron chi connectivity index (χ3n) is 12.9. The highest BCUT2D eigenvalue weighted by molar-refractivity contribution is 6.76. The van der Waals surface area contributed by atoms with Crippen LogP contribution in [-0.4, -0.2) is 78.9 Å². The Hall–Kier alpha value is 0.844. The van der Waals surface area contributed by atoms with Crippen molar-refractivity contribution in [2.45, 2.75) is 225 Å². The van der Waals surface area contributed by atoms with E-state index < -0.39 is 54.0 Å². The lowest BCUT2D eigenvalue weighted by atomic mass is 10.1. The predicted octanol–water partition coefficient (Wildman–Crippen LogP) is 11.9. The molecule has 1 rings (SSSR count). The van der Waals surface area contributed by atoms with Crippen LogP contribution < -0.4 is 0 Å². The van der Waals surface area contributed by atoms with Crippen molar-refractivity contribution in [3.63, 3.8) is 0 Å². The molecule has 6 nitrogen and oxygen atoms in total. The van der Waals surface area contributed by atoms with Gasteiger partial charge in [-0.05, 0) is 90.7 Å². The summed E-state index contributed by atoms with van der Waals surface area (Å²) in [6.45, 7) is 58.2. The highest BCUT2D eigenvalue weighted by Gasteiger charge is 2.59. The van der Waals surface area contributed by atoms with E-state index in [1.165, 1.54) is 0 Å². The van der Waals surface area contributed by atoms with Crippen LogP contribution in [0.1, 0.15) is 104 Å². The average Bonchev–Trinajstić information content (AvgIpc) is 3.07. The lowest BCUT2D eigenvalue weighted by Crippen LogP contribution is -2.58. The fourth-order valence-electron chi connectivity index (χ4n) is 4.06. The molecule has 5 atom stereocenters. The minimum absolute atomic E-state index is 0.00483. The predicted molar refractivity (Wildman–Crippen MR) is 216 cm³/mol. The molecule has 0 aliphatic carbocycles. The van der Waals surface area contributed by atoms with Gasteiger partial charge in [-0.15, -0.1) is 0 Å². The van der Waals surface area contributed by atoms with Crippen LogP contribution in [0, 0.1) is 0 Å². The van der Waals surface area contributed by atoms with Gasteiger partial charge in [0.25, 0.3) is 0 Å². The van der Waals surface area contributed by atoms with Crippen molar-refractivity contribution in [1.29, 1.82) is 0 Å². The van der Waals surface area contributed by atoms with Gasteiger partial charge in [-0.1, -0.05) is 104 Å². The Morgan fingerprint density at radius 1 is 0.447 bits per heavy atom. The molecule has 1 heterocycles. The topological polar surface area (TPSA) is 55.4 Å². The maximum Gasteiger partial charge on any atom is 0.195 e. The largest absolute Gasteiger partial charge is 0.414 e. The van der Waals surface area contributed by atoms with Crippen molar-refractivity contribution >= 4 is 41.6 Å². The second-order valence-corrected chi connectivity index (χ2v) is 45.9. The van der Waals surface area contributed by atoms with Crippen LogP contribution in [0.3, 0.4) is 0 Å². The first-order valence-corrected chi connectivity index (χ1v) is 32.8. The molecule has 0 aromatic heterocycles. The van der Waals surface area contributed by atoms with E-state index >= 15 is 0 Å². The standard InChI is InChI=1S/C36H82O6Si5/c1-32(2,3)43(16,17)37-26-27(39-44(18,19)33(4,5)6)28-29(40-45(20,21)34(7,8)9)30(41-46(22,23)35(10,11)12)31(38-28)42-47(24,25)36(13,14)15/h27-31H,26H2,1-25H3/t27-,28+,29+,30-,31-/m1/s1. The van der Waals surface area contributed by atoms with E-state index in [0.29, 0.717) is 6.61 Å². The highest BCUT2D eigenvalue weighted by Crippen LogP contribution is 2.48. The van der Waals surface area contributed by atoms with Gasteiger partial charge in [-0.3, -0.25) is 0 Å². The molecule has 0 aromatic carbocycles. The van der Waals surface area contributed by atoms with Crippen molar-refractivity contribution in [2.75, 3.05) is 6.61 Å². The molecule has 1 saturated heterocycles. The van der Waals surface area contributed by atoms with Crippen molar-refractivity contribution in [2.24, 2.45) is 0 Å². The molecule has 0 bridgehead atoms. The van der Waals surface area contributed by atoms with Crippen molar-refractivity contribution in [3.8, 4) is 0 Å².